The molecule has 2 heterocycles. The Balaban J connectivity index is 1.27. The summed E-state index contributed by atoms with van der Waals surface area (Å²) in [4.78, 5) is 14.8. The molecule has 30 heavy (non-hydrogen) atoms. The van der Waals surface area contributed by atoms with Gasteiger partial charge in [-0.15, -0.1) is 0 Å². The van der Waals surface area contributed by atoms with Gasteiger partial charge in [0.2, 0.25) is 5.91 Å². The second-order valence-electron chi connectivity index (χ2n) is 8.15. The largest absolute Gasteiger partial charge is 0.353 e. The maximum atomic E-state index is 12.3. The summed E-state index contributed by atoms with van der Waals surface area (Å²) in [5, 5.41) is 7.31. The number of rotatable bonds is 8. The number of carbonyl (C=O) groups excluding carboxylic acids is 1. The molecule has 2 aromatic carbocycles. The first kappa shape index (κ1) is 20.8. The van der Waals surface area contributed by atoms with Gasteiger partial charge in [-0.25, -0.2) is 0 Å². The lowest BCUT2D eigenvalue weighted by Gasteiger charge is -2.33. The highest BCUT2D eigenvalue weighted by molar-refractivity contribution is 7.08. The smallest absolute Gasteiger partial charge is 0.224 e. The molecular formula is C26H30N2OS. The van der Waals surface area contributed by atoms with Crippen molar-refractivity contribution in [3.63, 3.8) is 0 Å². The van der Waals surface area contributed by atoms with E-state index >= 15 is 0 Å². The van der Waals surface area contributed by atoms with Gasteiger partial charge >= 0.3 is 0 Å². The second kappa shape index (κ2) is 10.6. The van der Waals surface area contributed by atoms with Crippen molar-refractivity contribution >= 4 is 17.2 Å². The third-order valence-electron chi connectivity index (χ3n) is 6.04. The number of nitrogens with zero attached hydrogens (tertiary/aromatic N) is 1. The standard InChI is InChI=1S/C26H30N2OS/c29-26(19-21-14-18-30-20-21)27-24-11-15-28(16-12-24)17-13-25(22-7-3-1-4-8-22)23-9-5-2-6-10-23/h1-10,14,18,20,24-25H,11-13,15-17,19H2,(H,27,29). The van der Waals surface area contributed by atoms with E-state index in [2.05, 4.69) is 76.3 Å². The van der Waals surface area contributed by atoms with Crippen molar-refractivity contribution in [2.24, 2.45) is 0 Å². The summed E-state index contributed by atoms with van der Waals surface area (Å²) in [6.07, 6.45) is 3.69. The molecule has 0 unspecified atom stereocenters. The lowest BCUT2D eigenvalue weighted by atomic mass is 9.88. The molecule has 0 atom stereocenters. The van der Waals surface area contributed by atoms with Crippen LogP contribution in [0.3, 0.4) is 0 Å². The predicted octanol–water partition coefficient (Wildman–Crippen LogP) is 5.09. The van der Waals surface area contributed by atoms with Gasteiger partial charge in [0, 0.05) is 25.0 Å². The Bertz CT molecular complexity index is 848. The Morgan fingerprint density at radius 3 is 2.17 bits per heavy atom. The van der Waals surface area contributed by atoms with Crippen LogP contribution in [0, 0.1) is 0 Å². The zero-order chi connectivity index (χ0) is 20.6. The van der Waals surface area contributed by atoms with Gasteiger partial charge in [0.15, 0.2) is 0 Å². The molecule has 0 spiro atoms. The van der Waals surface area contributed by atoms with E-state index in [1.54, 1.807) is 11.3 Å². The van der Waals surface area contributed by atoms with E-state index < -0.39 is 0 Å². The van der Waals surface area contributed by atoms with Gasteiger partial charge in [-0.2, -0.15) is 11.3 Å². The van der Waals surface area contributed by atoms with Gasteiger partial charge in [-0.3, -0.25) is 4.79 Å². The molecule has 1 fully saturated rings. The van der Waals surface area contributed by atoms with E-state index in [4.69, 9.17) is 0 Å². The first-order chi connectivity index (χ1) is 14.8. The number of amides is 1. The molecular weight excluding hydrogens is 388 g/mol. The van der Waals surface area contributed by atoms with Crippen LogP contribution in [0.25, 0.3) is 0 Å². The number of piperidine rings is 1. The molecule has 0 radical (unpaired) electrons. The SMILES string of the molecule is O=C(Cc1ccsc1)NC1CCN(CCC(c2ccccc2)c2ccccc2)CC1. The van der Waals surface area contributed by atoms with Gasteiger partial charge in [0.1, 0.15) is 0 Å². The molecule has 4 rings (SSSR count). The van der Waals surface area contributed by atoms with Gasteiger partial charge in [-0.05, 0) is 59.3 Å². The van der Waals surface area contributed by atoms with Gasteiger partial charge in [0.25, 0.3) is 0 Å². The van der Waals surface area contributed by atoms with Gasteiger partial charge in [0.05, 0.1) is 6.42 Å². The van der Waals surface area contributed by atoms with Crippen LogP contribution in [-0.4, -0.2) is 36.5 Å². The summed E-state index contributed by atoms with van der Waals surface area (Å²) in [6, 6.07) is 24.0. The minimum atomic E-state index is 0.153. The molecule has 1 amide bonds. The van der Waals surface area contributed by atoms with E-state index in [-0.39, 0.29) is 5.91 Å². The zero-order valence-electron chi connectivity index (χ0n) is 17.4. The fourth-order valence-corrected chi connectivity index (χ4v) is 5.04. The number of hydrogen-bond acceptors (Lipinski definition) is 3. The predicted molar refractivity (Wildman–Crippen MR) is 125 cm³/mol. The number of thiophene rings is 1. The average Bonchev–Trinajstić information content (AvgIpc) is 3.29. The van der Waals surface area contributed by atoms with Crippen molar-refractivity contribution in [3.8, 4) is 0 Å². The fourth-order valence-electron chi connectivity index (χ4n) is 4.37. The Morgan fingerprint density at radius 1 is 0.967 bits per heavy atom. The highest BCUT2D eigenvalue weighted by atomic mass is 32.1. The summed E-state index contributed by atoms with van der Waals surface area (Å²) in [7, 11) is 0. The number of carbonyl (C=O) groups is 1. The minimum Gasteiger partial charge on any atom is -0.353 e. The monoisotopic (exact) mass is 418 g/mol. The maximum Gasteiger partial charge on any atom is 0.224 e. The molecule has 0 bridgehead atoms. The topological polar surface area (TPSA) is 32.3 Å². The highest BCUT2D eigenvalue weighted by Crippen LogP contribution is 2.28. The maximum absolute atomic E-state index is 12.3. The molecule has 156 valence electrons. The number of nitrogens with one attached hydrogen (secondary N) is 1. The van der Waals surface area contributed by atoms with Gasteiger partial charge in [-0.1, -0.05) is 60.7 Å². The number of likely N-dealkylation sites (tertiary alicyclic amines) is 1. The van der Waals surface area contributed by atoms with Crippen LogP contribution in [-0.2, 0) is 11.2 Å². The Hall–Kier alpha value is -2.43. The number of hydrogen-bond donors (Lipinski definition) is 1. The van der Waals surface area contributed by atoms with Crippen molar-refractivity contribution in [1.29, 1.82) is 0 Å². The summed E-state index contributed by atoms with van der Waals surface area (Å²) in [5.74, 6) is 0.579. The van der Waals surface area contributed by atoms with Crippen molar-refractivity contribution in [3.05, 3.63) is 94.2 Å². The molecule has 4 heteroatoms. The molecule has 1 saturated heterocycles. The highest BCUT2D eigenvalue weighted by Gasteiger charge is 2.22. The van der Waals surface area contributed by atoms with Crippen LogP contribution in [0.1, 0.15) is 41.9 Å². The van der Waals surface area contributed by atoms with Crippen LogP contribution < -0.4 is 5.32 Å². The fraction of sp³-hybridized carbons (Fsp3) is 0.346. The minimum absolute atomic E-state index is 0.153. The summed E-state index contributed by atoms with van der Waals surface area (Å²) >= 11 is 1.65. The second-order valence-corrected chi connectivity index (χ2v) is 8.93. The van der Waals surface area contributed by atoms with Crippen LogP contribution in [0.5, 0.6) is 0 Å². The first-order valence-electron chi connectivity index (χ1n) is 10.9. The van der Waals surface area contributed by atoms with E-state index in [0.717, 1.165) is 44.5 Å². The first-order valence-corrected chi connectivity index (χ1v) is 11.8. The molecule has 3 nitrogen and oxygen atoms in total. The molecule has 1 N–H and O–H groups in total. The Labute approximate surface area is 183 Å². The molecule has 1 aromatic heterocycles. The normalized spacial score (nSPS) is 15.4. The Morgan fingerprint density at radius 2 is 1.60 bits per heavy atom. The van der Waals surface area contributed by atoms with Crippen molar-refractivity contribution in [1.82, 2.24) is 10.2 Å². The van der Waals surface area contributed by atoms with Gasteiger partial charge < -0.3 is 10.2 Å². The lowest BCUT2D eigenvalue weighted by molar-refractivity contribution is -0.121. The summed E-state index contributed by atoms with van der Waals surface area (Å²) in [5.41, 5.74) is 3.89. The zero-order valence-corrected chi connectivity index (χ0v) is 18.2. The molecule has 0 aliphatic carbocycles. The van der Waals surface area contributed by atoms with Crippen molar-refractivity contribution in [2.45, 2.75) is 37.6 Å². The van der Waals surface area contributed by atoms with Crippen molar-refractivity contribution in [2.75, 3.05) is 19.6 Å². The third-order valence-corrected chi connectivity index (χ3v) is 6.77. The molecule has 1 aliphatic heterocycles. The van der Waals surface area contributed by atoms with E-state index in [0.29, 0.717) is 18.4 Å². The molecule has 1 aliphatic rings. The van der Waals surface area contributed by atoms with E-state index in [1.165, 1.54) is 11.1 Å². The lowest BCUT2D eigenvalue weighted by Crippen LogP contribution is -2.45. The number of benzene rings is 2. The molecule has 3 aromatic rings. The van der Waals surface area contributed by atoms with Crippen LogP contribution in [0.2, 0.25) is 0 Å². The third kappa shape index (κ3) is 5.80. The molecule has 0 saturated carbocycles. The van der Waals surface area contributed by atoms with Crippen LogP contribution >= 0.6 is 11.3 Å². The van der Waals surface area contributed by atoms with E-state index in [1.807, 2.05) is 11.4 Å². The van der Waals surface area contributed by atoms with Crippen LogP contribution in [0.15, 0.2) is 77.5 Å². The summed E-state index contributed by atoms with van der Waals surface area (Å²) < 4.78 is 0. The van der Waals surface area contributed by atoms with Crippen molar-refractivity contribution < 1.29 is 4.79 Å². The quantitative estimate of drug-likeness (QED) is 0.552. The van der Waals surface area contributed by atoms with Crippen LogP contribution in [0.4, 0.5) is 0 Å². The summed E-state index contributed by atoms with van der Waals surface area (Å²) in [6.45, 7) is 3.20. The van der Waals surface area contributed by atoms with E-state index in [9.17, 15) is 4.79 Å². The average molecular weight is 419 g/mol. The Kier molecular flexibility index (Phi) is 7.33.